The fourth-order valence-corrected chi connectivity index (χ4v) is 4.66. The molecule has 3 aliphatic rings. The number of rotatable bonds is 5. The molecule has 0 unspecified atom stereocenters. The van der Waals surface area contributed by atoms with Crippen molar-refractivity contribution in [1.82, 2.24) is 15.1 Å². The van der Waals surface area contributed by atoms with E-state index in [1.165, 1.54) is 31.2 Å². The van der Waals surface area contributed by atoms with E-state index in [1.54, 1.807) is 0 Å². The first kappa shape index (κ1) is 19.4. The second-order valence-electron chi connectivity index (χ2n) is 8.80. The molecule has 2 aliphatic carbocycles. The van der Waals surface area contributed by atoms with Crippen molar-refractivity contribution < 1.29 is 9.59 Å². The van der Waals surface area contributed by atoms with Crippen LogP contribution in [0.4, 0.5) is 0 Å². The van der Waals surface area contributed by atoms with Gasteiger partial charge in [-0.15, -0.1) is 0 Å². The normalized spacial score (nSPS) is 23.1. The molecule has 1 aromatic carbocycles. The van der Waals surface area contributed by atoms with Crippen LogP contribution >= 0.6 is 0 Å². The Hall–Kier alpha value is -1.88. The molecule has 152 valence electrons. The predicted molar refractivity (Wildman–Crippen MR) is 110 cm³/mol. The predicted octanol–water partition coefficient (Wildman–Crippen LogP) is 2.95. The van der Waals surface area contributed by atoms with Crippen molar-refractivity contribution >= 4 is 11.8 Å². The summed E-state index contributed by atoms with van der Waals surface area (Å²) in [4.78, 5) is 30.4. The first-order chi connectivity index (χ1) is 13.7. The fourth-order valence-electron chi connectivity index (χ4n) is 4.66. The van der Waals surface area contributed by atoms with Crippen LogP contribution in [0.15, 0.2) is 30.3 Å². The number of hydrogen-bond acceptors (Lipinski definition) is 3. The molecule has 1 aliphatic heterocycles. The van der Waals surface area contributed by atoms with Crippen LogP contribution in [-0.2, 0) is 16.1 Å². The molecule has 0 radical (unpaired) electrons. The number of carbonyl (C=O) groups excluding carboxylic acids is 2. The summed E-state index contributed by atoms with van der Waals surface area (Å²) in [5.74, 6) is 0.0640. The van der Waals surface area contributed by atoms with Gasteiger partial charge in [0, 0.05) is 38.8 Å². The van der Waals surface area contributed by atoms with Crippen LogP contribution in [0.3, 0.4) is 0 Å². The van der Waals surface area contributed by atoms with Gasteiger partial charge in [0.05, 0.1) is 0 Å². The molecule has 2 amide bonds. The second kappa shape index (κ2) is 8.64. The monoisotopic (exact) mass is 383 g/mol. The Bertz CT molecular complexity index is 670. The van der Waals surface area contributed by atoms with Crippen LogP contribution in [0.25, 0.3) is 0 Å². The lowest BCUT2D eigenvalue weighted by molar-refractivity contribution is -0.145. The Balaban J connectivity index is 1.28. The Labute approximate surface area is 168 Å². The number of piperazine rings is 1. The lowest BCUT2D eigenvalue weighted by atomic mass is 10.0. The molecule has 4 rings (SSSR count). The third-order valence-electron chi connectivity index (χ3n) is 6.69. The summed E-state index contributed by atoms with van der Waals surface area (Å²) >= 11 is 0. The Kier molecular flexibility index (Phi) is 6.00. The van der Waals surface area contributed by atoms with Crippen molar-refractivity contribution in [2.24, 2.45) is 5.41 Å². The van der Waals surface area contributed by atoms with E-state index < -0.39 is 5.41 Å². The summed E-state index contributed by atoms with van der Waals surface area (Å²) in [5, 5.41) is 3.23. The number of nitrogens with zero attached hydrogens (tertiary/aromatic N) is 2. The van der Waals surface area contributed by atoms with Crippen LogP contribution < -0.4 is 5.32 Å². The van der Waals surface area contributed by atoms with Crippen LogP contribution in [0, 0.1) is 5.41 Å². The summed E-state index contributed by atoms with van der Waals surface area (Å²) in [6.07, 6.45) is 8.48. The van der Waals surface area contributed by atoms with Crippen molar-refractivity contribution in [3.63, 3.8) is 0 Å². The average Bonchev–Trinajstić information content (AvgIpc) is 3.55. The molecule has 28 heavy (non-hydrogen) atoms. The van der Waals surface area contributed by atoms with Crippen LogP contribution in [0.5, 0.6) is 0 Å². The summed E-state index contributed by atoms with van der Waals surface area (Å²) in [5.41, 5.74) is 0.553. The fraction of sp³-hybridized carbons (Fsp3) is 0.652. The number of hydrogen-bond donors (Lipinski definition) is 1. The zero-order valence-corrected chi connectivity index (χ0v) is 16.9. The van der Waals surface area contributed by atoms with Crippen molar-refractivity contribution in [3.05, 3.63) is 35.9 Å². The Morgan fingerprint density at radius 1 is 0.929 bits per heavy atom. The minimum absolute atomic E-state index is 0.00360. The van der Waals surface area contributed by atoms with Crippen molar-refractivity contribution in [1.29, 1.82) is 0 Å². The minimum Gasteiger partial charge on any atom is -0.352 e. The topological polar surface area (TPSA) is 52.7 Å². The molecular weight excluding hydrogens is 350 g/mol. The largest absolute Gasteiger partial charge is 0.352 e. The highest BCUT2D eigenvalue weighted by Crippen LogP contribution is 2.48. The molecule has 3 fully saturated rings. The van der Waals surface area contributed by atoms with Gasteiger partial charge >= 0.3 is 0 Å². The molecule has 5 heteroatoms. The summed E-state index contributed by atoms with van der Waals surface area (Å²) in [6, 6.07) is 10.7. The van der Waals surface area contributed by atoms with Gasteiger partial charge in [0.1, 0.15) is 5.41 Å². The second-order valence-corrected chi connectivity index (χ2v) is 8.80. The summed E-state index contributed by atoms with van der Waals surface area (Å²) in [7, 11) is 0. The van der Waals surface area contributed by atoms with E-state index in [0.717, 1.165) is 45.6 Å². The maximum absolute atomic E-state index is 13.1. The summed E-state index contributed by atoms with van der Waals surface area (Å²) in [6.45, 7) is 4.13. The van der Waals surface area contributed by atoms with E-state index in [-0.39, 0.29) is 17.9 Å². The van der Waals surface area contributed by atoms with E-state index in [4.69, 9.17) is 0 Å². The molecule has 1 aromatic rings. The molecular formula is C23H33N3O2. The zero-order valence-electron chi connectivity index (χ0n) is 16.9. The maximum atomic E-state index is 13.1. The minimum atomic E-state index is -0.756. The zero-order chi connectivity index (χ0) is 19.4. The van der Waals surface area contributed by atoms with Crippen molar-refractivity contribution in [2.75, 3.05) is 26.2 Å². The van der Waals surface area contributed by atoms with Crippen LogP contribution in [0.1, 0.15) is 56.9 Å². The van der Waals surface area contributed by atoms with Crippen LogP contribution in [-0.4, -0.2) is 53.8 Å². The molecule has 0 spiro atoms. The SMILES string of the molecule is O=C(NC1CCCCCC1)C1(C(=O)N2CCN(Cc3ccccc3)CC2)CC1. The van der Waals surface area contributed by atoms with Gasteiger partial charge in [0.15, 0.2) is 0 Å². The molecule has 5 nitrogen and oxygen atoms in total. The Morgan fingerprint density at radius 2 is 1.57 bits per heavy atom. The number of carbonyl (C=O) groups is 2. The van der Waals surface area contributed by atoms with Gasteiger partial charge in [-0.1, -0.05) is 56.0 Å². The molecule has 0 aromatic heterocycles. The van der Waals surface area contributed by atoms with Gasteiger partial charge in [-0.05, 0) is 31.2 Å². The van der Waals surface area contributed by atoms with Crippen LogP contribution in [0.2, 0.25) is 0 Å². The molecule has 1 heterocycles. The first-order valence-electron chi connectivity index (χ1n) is 11.0. The van der Waals surface area contributed by atoms with Crippen molar-refractivity contribution in [3.8, 4) is 0 Å². The standard InChI is InChI=1S/C23H33N3O2/c27-21(24-20-10-6-1-2-7-11-20)23(12-13-23)22(28)26-16-14-25(15-17-26)18-19-8-4-3-5-9-19/h3-5,8-9,20H,1-2,6-7,10-18H2,(H,24,27). The van der Waals surface area contributed by atoms with E-state index in [0.29, 0.717) is 12.8 Å². The number of nitrogens with one attached hydrogen (secondary N) is 1. The molecule has 0 bridgehead atoms. The van der Waals surface area contributed by atoms with Crippen molar-refractivity contribution in [2.45, 2.75) is 64.0 Å². The third-order valence-corrected chi connectivity index (χ3v) is 6.69. The maximum Gasteiger partial charge on any atom is 0.238 e. The van der Waals surface area contributed by atoms with Gasteiger partial charge in [0.25, 0.3) is 0 Å². The van der Waals surface area contributed by atoms with Gasteiger partial charge < -0.3 is 10.2 Å². The summed E-state index contributed by atoms with van der Waals surface area (Å²) < 4.78 is 0. The van der Waals surface area contributed by atoms with E-state index in [2.05, 4.69) is 34.5 Å². The first-order valence-corrected chi connectivity index (χ1v) is 11.0. The van der Waals surface area contributed by atoms with E-state index in [1.807, 2.05) is 11.0 Å². The van der Waals surface area contributed by atoms with Gasteiger partial charge in [0.2, 0.25) is 11.8 Å². The van der Waals surface area contributed by atoms with E-state index in [9.17, 15) is 9.59 Å². The number of benzene rings is 1. The Morgan fingerprint density at radius 3 is 2.18 bits per heavy atom. The lowest BCUT2D eigenvalue weighted by Gasteiger charge is -2.36. The molecule has 1 N–H and O–H groups in total. The molecule has 0 atom stereocenters. The smallest absolute Gasteiger partial charge is 0.238 e. The van der Waals surface area contributed by atoms with Gasteiger partial charge in [-0.2, -0.15) is 0 Å². The lowest BCUT2D eigenvalue weighted by Crippen LogP contribution is -2.53. The molecule has 1 saturated heterocycles. The quantitative estimate of drug-likeness (QED) is 0.628. The third kappa shape index (κ3) is 4.40. The highest BCUT2D eigenvalue weighted by Gasteiger charge is 2.58. The number of amides is 2. The average molecular weight is 384 g/mol. The highest BCUT2D eigenvalue weighted by atomic mass is 16.2. The van der Waals surface area contributed by atoms with Gasteiger partial charge in [-0.3, -0.25) is 14.5 Å². The molecule has 2 saturated carbocycles. The van der Waals surface area contributed by atoms with E-state index >= 15 is 0 Å². The highest BCUT2D eigenvalue weighted by molar-refractivity contribution is 6.08. The van der Waals surface area contributed by atoms with Gasteiger partial charge in [-0.25, -0.2) is 0 Å².